The number of anilines is 1. The Hall–Kier alpha value is -4.09. The molecule has 196 valence electrons. The number of aryl methyl sites for hydroxylation is 1. The van der Waals surface area contributed by atoms with Gasteiger partial charge in [0.25, 0.3) is 0 Å². The van der Waals surface area contributed by atoms with Crippen molar-refractivity contribution in [2.24, 2.45) is 11.6 Å². The van der Waals surface area contributed by atoms with Crippen molar-refractivity contribution in [3.8, 4) is 28.3 Å². The van der Waals surface area contributed by atoms with Crippen molar-refractivity contribution in [3.05, 3.63) is 90.1 Å². The molecule has 1 aliphatic rings. The van der Waals surface area contributed by atoms with E-state index in [-0.39, 0.29) is 12.6 Å². The predicted molar refractivity (Wildman–Crippen MR) is 142 cm³/mol. The van der Waals surface area contributed by atoms with Crippen LogP contribution >= 0.6 is 11.8 Å². The maximum absolute atomic E-state index is 13.5. The number of ether oxygens (including phenoxy) is 2. The molecule has 11 heteroatoms. The minimum absolute atomic E-state index is 0.107. The molecule has 1 aromatic heterocycles. The van der Waals surface area contributed by atoms with Crippen molar-refractivity contribution in [2.75, 3.05) is 18.1 Å². The number of thioether (sulfide) groups is 1. The van der Waals surface area contributed by atoms with Crippen LogP contribution in [0.3, 0.4) is 0 Å². The molecule has 0 spiro atoms. The average Bonchev–Trinajstić information content (AvgIpc) is 3.55. The van der Waals surface area contributed by atoms with Crippen molar-refractivity contribution in [2.45, 2.75) is 18.0 Å². The fourth-order valence-electron chi connectivity index (χ4n) is 4.26. The van der Waals surface area contributed by atoms with E-state index in [2.05, 4.69) is 4.98 Å². The smallest absolute Gasteiger partial charge is 0.434 e. The number of benzene rings is 3. The molecule has 38 heavy (non-hydrogen) atoms. The van der Waals surface area contributed by atoms with E-state index < -0.39 is 11.9 Å². The largest absolute Gasteiger partial charge is 0.454 e. The van der Waals surface area contributed by atoms with Gasteiger partial charge in [-0.2, -0.15) is 13.2 Å². The summed E-state index contributed by atoms with van der Waals surface area (Å²) in [6.07, 6.45) is -0.308. The molecule has 0 radical (unpaired) electrons. The summed E-state index contributed by atoms with van der Waals surface area (Å²) in [5.74, 6) is 7.96. The van der Waals surface area contributed by atoms with E-state index in [1.54, 1.807) is 36.0 Å². The fraction of sp³-hybridized carbons (Fsp3) is 0.148. The molecule has 7 nitrogen and oxygen atoms in total. The second kappa shape index (κ2) is 9.99. The molecule has 0 unspecified atom stereocenters. The number of nitrogens with zero attached hydrogens (tertiary/aromatic N) is 3. The summed E-state index contributed by atoms with van der Waals surface area (Å²) < 4.78 is 52.7. The van der Waals surface area contributed by atoms with Gasteiger partial charge >= 0.3 is 6.18 Å². The minimum Gasteiger partial charge on any atom is -0.454 e. The first kappa shape index (κ1) is 25.6. The maximum Gasteiger partial charge on any atom is 0.434 e. The van der Waals surface area contributed by atoms with Gasteiger partial charge in [-0.25, -0.2) is 10.8 Å². The monoisotopic (exact) mass is 539 g/mol. The molecular formula is C27H24F3N5O2S. The second-order valence-electron chi connectivity index (χ2n) is 8.47. The van der Waals surface area contributed by atoms with Crippen LogP contribution in [0.15, 0.2) is 78.0 Å². The van der Waals surface area contributed by atoms with Gasteiger partial charge in [-0.1, -0.05) is 18.2 Å². The fourth-order valence-corrected chi connectivity index (χ4v) is 4.72. The number of alkyl halides is 3. The van der Waals surface area contributed by atoms with Crippen molar-refractivity contribution in [1.29, 1.82) is 0 Å². The first-order chi connectivity index (χ1) is 18.2. The summed E-state index contributed by atoms with van der Waals surface area (Å²) in [5.41, 5.74) is 8.65. The van der Waals surface area contributed by atoms with Gasteiger partial charge in [0.05, 0.1) is 17.1 Å². The average molecular weight is 540 g/mol. The van der Waals surface area contributed by atoms with Crippen molar-refractivity contribution in [1.82, 2.24) is 9.55 Å². The number of nitrogens with two attached hydrogens (primary N) is 2. The lowest BCUT2D eigenvalue weighted by Gasteiger charge is -2.26. The first-order valence-corrected chi connectivity index (χ1v) is 12.7. The molecule has 5 rings (SSSR count). The number of aromatic nitrogens is 2. The van der Waals surface area contributed by atoms with E-state index >= 15 is 0 Å². The lowest BCUT2D eigenvalue weighted by atomic mass is 10.0. The third kappa shape index (κ3) is 4.77. The molecule has 0 aliphatic carbocycles. The molecule has 0 amide bonds. The number of hydrazine groups is 1. The van der Waals surface area contributed by atoms with Gasteiger partial charge < -0.3 is 19.8 Å². The van der Waals surface area contributed by atoms with Crippen LogP contribution in [0.5, 0.6) is 11.5 Å². The summed E-state index contributed by atoms with van der Waals surface area (Å²) in [6, 6.07) is 18.6. The summed E-state index contributed by atoms with van der Waals surface area (Å²) >= 11 is 1.61. The highest BCUT2D eigenvalue weighted by molar-refractivity contribution is 7.98. The highest BCUT2D eigenvalue weighted by Gasteiger charge is 2.35. The highest BCUT2D eigenvalue weighted by atomic mass is 32.2. The van der Waals surface area contributed by atoms with E-state index in [4.69, 9.17) is 21.1 Å². The van der Waals surface area contributed by atoms with Gasteiger partial charge in [-0.15, -0.1) is 11.8 Å². The lowest BCUT2D eigenvalue weighted by molar-refractivity contribution is -0.141. The van der Waals surface area contributed by atoms with Crippen LogP contribution in [0, 0.1) is 6.92 Å². The Balaban J connectivity index is 1.66. The minimum atomic E-state index is -4.59. The van der Waals surface area contributed by atoms with Gasteiger partial charge in [0, 0.05) is 22.9 Å². The van der Waals surface area contributed by atoms with Crippen LogP contribution < -0.4 is 26.1 Å². The Morgan fingerprint density at radius 3 is 2.53 bits per heavy atom. The summed E-state index contributed by atoms with van der Waals surface area (Å²) in [6.45, 7) is 1.61. The summed E-state index contributed by atoms with van der Waals surface area (Å²) in [4.78, 5) is 4.80. The van der Waals surface area contributed by atoms with E-state index in [1.165, 1.54) is 22.7 Å². The topological polar surface area (TPSA) is 91.6 Å². The van der Waals surface area contributed by atoms with Crippen LogP contribution in [-0.2, 0) is 6.18 Å². The SMILES string of the molecule is CSc1cccc(-c2ccc(-n3cc(C(F)(F)F)nc3C)c(N(N)/C(=C\N)c3ccc4c(c3)OCO4)c2)c1. The zero-order valence-electron chi connectivity index (χ0n) is 20.5. The molecule has 2 heterocycles. The third-order valence-electron chi connectivity index (χ3n) is 6.16. The molecule has 0 atom stereocenters. The molecule has 4 aromatic rings. The van der Waals surface area contributed by atoms with Crippen LogP contribution in [-0.4, -0.2) is 22.6 Å². The van der Waals surface area contributed by atoms with E-state index in [9.17, 15) is 13.2 Å². The molecule has 0 saturated heterocycles. The van der Waals surface area contributed by atoms with E-state index in [0.29, 0.717) is 34.1 Å². The van der Waals surface area contributed by atoms with Crippen molar-refractivity contribution in [3.63, 3.8) is 0 Å². The standard InChI is InChI=1S/C27H24F3N5O2S/c1-16-33-26(27(28,29)30)14-34(16)21-8-6-18(17-4-3-5-20(10-17)38-2)11-22(21)35(32)23(13-31)19-7-9-24-25(12-19)37-15-36-24/h3-14H,15,31-32H2,1-2H3/b23-13-. The normalized spacial score (nSPS) is 13.2. The predicted octanol–water partition coefficient (Wildman–Crippen LogP) is 5.95. The van der Waals surface area contributed by atoms with Crippen LogP contribution in [0.25, 0.3) is 22.5 Å². The lowest BCUT2D eigenvalue weighted by Crippen LogP contribution is -2.31. The number of fused-ring (bicyclic) bond motifs is 1. The Bertz CT molecular complexity index is 1530. The number of hydrogen-bond acceptors (Lipinski definition) is 7. The highest BCUT2D eigenvalue weighted by Crippen LogP contribution is 2.39. The van der Waals surface area contributed by atoms with Gasteiger partial charge in [0.2, 0.25) is 6.79 Å². The van der Waals surface area contributed by atoms with Crippen molar-refractivity contribution < 1.29 is 22.6 Å². The molecular weight excluding hydrogens is 515 g/mol. The Labute approximate surface area is 221 Å². The number of rotatable bonds is 6. The Morgan fingerprint density at radius 1 is 1.05 bits per heavy atom. The molecule has 1 aliphatic heterocycles. The Morgan fingerprint density at radius 2 is 1.82 bits per heavy atom. The molecule has 0 saturated carbocycles. The number of hydrogen-bond donors (Lipinski definition) is 2. The first-order valence-electron chi connectivity index (χ1n) is 11.5. The summed E-state index contributed by atoms with van der Waals surface area (Å²) in [7, 11) is 0. The third-order valence-corrected chi connectivity index (χ3v) is 6.88. The zero-order chi connectivity index (χ0) is 27.0. The summed E-state index contributed by atoms with van der Waals surface area (Å²) in [5, 5.41) is 1.35. The Kier molecular flexibility index (Phi) is 6.72. The molecule has 0 fully saturated rings. The second-order valence-corrected chi connectivity index (χ2v) is 9.35. The van der Waals surface area contributed by atoms with Gasteiger partial charge in [0.15, 0.2) is 17.2 Å². The molecule has 3 aromatic carbocycles. The van der Waals surface area contributed by atoms with Gasteiger partial charge in [-0.3, -0.25) is 5.01 Å². The van der Waals surface area contributed by atoms with Gasteiger partial charge in [0.1, 0.15) is 5.82 Å². The molecule has 0 bridgehead atoms. The van der Waals surface area contributed by atoms with Gasteiger partial charge in [-0.05, 0) is 66.8 Å². The van der Waals surface area contributed by atoms with Crippen LogP contribution in [0.2, 0.25) is 0 Å². The van der Waals surface area contributed by atoms with Crippen LogP contribution in [0.1, 0.15) is 17.1 Å². The van der Waals surface area contributed by atoms with E-state index in [1.807, 2.05) is 42.7 Å². The quantitative estimate of drug-likeness (QED) is 0.178. The van der Waals surface area contributed by atoms with Crippen molar-refractivity contribution >= 4 is 23.1 Å². The van der Waals surface area contributed by atoms with E-state index in [0.717, 1.165) is 22.2 Å². The van der Waals surface area contributed by atoms with Crippen LogP contribution in [0.4, 0.5) is 18.9 Å². The molecule has 4 N–H and O–H groups in total. The number of imidazole rings is 1. The maximum atomic E-state index is 13.5. The zero-order valence-corrected chi connectivity index (χ0v) is 21.3. The number of halogens is 3.